The van der Waals surface area contributed by atoms with E-state index in [1.54, 1.807) is 0 Å². The lowest BCUT2D eigenvalue weighted by atomic mass is 9.67. The predicted octanol–water partition coefficient (Wildman–Crippen LogP) is 5.88. The molecule has 0 fully saturated rings. The molecule has 0 aromatic heterocycles. The lowest BCUT2D eigenvalue weighted by Crippen LogP contribution is -2.50. The molecular formula is C26H34O5. The molecule has 1 aromatic rings. The largest absolute Gasteiger partial charge is 0.487 e. The number of hydrogen-bond donors (Lipinski definition) is 0. The number of allylic oxidation sites excluding steroid dienone is 2. The summed E-state index contributed by atoms with van der Waals surface area (Å²) in [6.07, 6.45) is 8.22. The van der Waals surface area contributed by atoms with E-state index in [1.165, 1.54) is 19.4 Å². The maximum Gasteiger partial charge on any atom is 0.345 e. The lowest BCUT2D eigenvalue weighted by Gasteiger charge is -2.48. The van der Waals surface area contributed by atoms with E-state index in [2.05, 4.69) is 33.8 Å². The van der Waals surface area contributed by atoms with E-state index in [0.717, 1.165) is 55.4 Å². The average molecular weight is 427 g/mol. The van der Waals surface area contributed by atoms with Crippen molar-refractivity contribution in [2.75, 3.05) is 0 Å². The molecule has 0 amide bonds. The minimum absolute atomic E-state index is 0.0769. The van der Waals surface area contributed by atoms with E-state index in [1.807, 2.05) is 6.07 Å². The van der Waals surface area contributed by atoms with E-state index in [-0.39, 0.29) is 23.2 Å². The monoisotopic (exact) mass is 426 g/mol. The zero-order valence-corrected chi connectivity index (χ0v) is 19.6. The highest BCUT2D eigenvalue weighted by atomic mass is 16.7. The Morgan fingerprint density at radius 1 is 1.16 bits per heavy atom. The highest BCUT2D eigenvalue weighted by Crippen LogP contribution is 2.56. The van der Waals surface area contributed by atoms with Crippen LogP contribution in [-0.4, -0.2) is 23.1 Å². The number of cyclic esters (lactones) is 1. The second kappa shape index (κ2) is 7.68. The van der Waals surface area contributed by atoms with Crippen molar-refractivity contribution in [1.29, 1.82) is 0 Å². The standard InChI is InChI=1S/C26H34O5/c1-7-8-9-10-17-14-20-22(18-13-15(2)11-12-19(18)25(4,5)29-20)23-21(17)24(28)31-26(6,30-23)16(3)27/h13-14,18-19H,7-12H2,1-6H3. The van der Waals surface area contributed by atoms with Gasteiger partial charge in [0, 0.05) is 31.2 Å². The van der Waals surface area contributed by atoms with E-state index >= 15 is 0 Å². The van der Waals surface area contributed by atoms with Crippen LogP contribution in [0.3, 0.4) is 0 Å². The van der Waals surface area contributed by atoms with E-state index < -0.39 is 11.8 Å². The topological polar surface area (TPSA) is 61.8 Å². The fourth-order valence-electron chi connectivity index (χ4n) is 5.27. The Hall–Kier alpha value is -2.30. The van der Waals surface area contributed by atoms with Crippen LogP contribution in [-0.2, 0) is 16.0 Å². The SMILES string of the molecule is CCCCCc1cc2c(c3c1C(=O)OC(C)(C(C)=O)O3)C1C=C(C)CCC1C(C)(C)O2. The average Bonchev–Trinajstić information content (AvgIpc) is 2.66. The Morgan fingerprint density at radius 2 is 1.90 bits per heavy atom. The van der Waals surface area contributed by atoms with Gasteiger partial charge in [0.15, 0.2) is 0 Å². The minimum atomic E-state index is -1.62. The predicted molar refractivity (Wildman–Crippen MR) is 119 cm³/mol. The molecule has 1 aliphatic carbocycles. The Morgan fingerprint density at radius 3 is 2.58 bits per heavy atom. The Balaban J connectivity index is 1.94. The first-order chi connectivity index (χ1) is 14.6. The first-order valence-electron chi connectivity index (χ1n) is 11.6. The maximum absolute atomic E-state index is 13.2. The number of aryl methyl sites for hydroxylation is 1. The Kier molecular flexibility index (Phi) is 5.43. The number of ether oxygens (including phenoxy) is 3. The highest BCUT2D eigenvalue weighted by molar-refractivity contribution is 6.00. The van der Waals surface area contributed by atoms with Gasteiger partial charge in [0.25, 0.3) is 0 Å². The van der Waals surface area contributed by atoms with Crippen LogP contribution in [0.15, 0.2) is 17.7 Å². The van der Waals surface area contributed by atoms with Gasteiger partial charge in [-0.2, -0.15) is 0 Å². The van der Waals surface area contributed by atoms with Crippen LogP contribution in [0.4, 0.5) is 0 Å². The molecule has 5 nitrogen and oxygen atoms in total. The van der Waals surface area contributed by atoms with Gasteiger partial charge in [-0.25, -0.2) is 4.79 Å². The summed E-state index contributed by atoms with van der Waals surface area (Å²) in [5, 5.41) is 0. The van der Waals surface area contributed by atoms with Gasteiger partial charge in [-0.15, -0.1) is 0 Å². The molecule has 31 heavy (non-hydrogen) atoms. The van der Waals surface area contributed by atoms with Crippen molar-refractivity contribution in [1.82, 2.24) is 0 Å². The second-order valence-corrected chi connectivity index (χ2v) is 9.99. The normalized spacial score (nSPS) is 28.2. The molecule has 0 bridgehead atoms. The summed E-state index contributed by atoms with van der Waals surface area (Å²) in [7, 11) is 0. The van der Waals surface area contributed by atoms with Crippen molar-refractivity contribution in [3.8, 4) is 11.5 Å². The first-order valence-corrected chi connectivity index (χ1v) is 11.6. The summed E-state index contributed by atoms with van der Waals surface area (Å²) >= 11 is 0. The van der Waals surface area contributed by atoms with Gasteiger partial charge in [0.05, 0.1) is 0 Å². The van der Waals surface area contributed by atoms with Crippen LogP contribution in [0, 0.1) is 5.92 Å². The summed E-state index contributed by atoms with van der Waals surface area (Å²) in [6.45, 7) is 11.5. The van der Waals surface area contributed by atoms with Crippen molar-refractivity contribution in [3.63, 3.8) is 0 Å². The van der Waals surface area contributed by atoms with Crippen LogP contribution < -0.4 is 9.47 Å². The molecule has 0 saturated carbocycles. The van der Waals surface area contributed by atoms with Crippen LogP contribution in [0.25, 0.3) is 0 Å². The number of carbonyl (C=O) groups is 2. The molecule has 4 rings (SSSR count). The molecule has 3 unspecified atom stereocenters. The molecule has 2 aliphatic heterocycles. The Labute approximate surface area is 185 Å². The quantitative estimate of drug-likeness (QED) is 0.334. The zero-order valence-electron chi connectivity index (χ0n) is 19.6. The van der Waals surface area contributed by atoms with Gasteiger partial charge in [-0.1, -0.05) is 31.4 Å². The van der Waals surface area contributed by atoms with Gasteiger partial charge in [0.2, 0.25) is 5.78 Å². The van der Waals surface area contributed by atoms with Crippen molar-refractivity contribution < 1.29 is 23.8 Å². The number of benzene rings is 1. The third kappa shape index (κ3) is 3.66. The van der Waals surface area contributed by atoms with Gasteiger partial charge < -0.3 is 14.2 Å². The molecule has 3 atom stereocenters. The van der Waals surface area contributed by atoms with Gasteiger partial charge in [-0.05, 0) is 58.1 Å². The van der Waals surface area contributed by atoms with Crippen LogP contribution in [0.1, 0.15) is 101 Å². The van der Waals surface area contributed by atoms with Crippen molar-refractivity contribution in [3.05, 3.63) is 34.4 Å². The van der Waals surface area contributed by atoms with Crippen LogP contribution in [0.2, 0.25) is 0 Å². The maximum atomic E-state index is 13.2. The molecule has 5 heteroatoms. The summed E-state index contributed by atoms with van der Waals surface area (Å²) in [5.41, 5.74) is 3.24. The van der Waals surface area contributed by atoms with Crippen molar-refractivity contribution >= 4 is 11.8 Å². The number of fused-ring (bicyclic) bond motifs is 5. The fourth-order valence-corrected chi connectivity index (χ4v) is 5.27. The van der Waals surface area contributed by atoms with Gasteiger partial charge >= 0.3 is 11.8 Å². The molecule has 168 valence electrons. The number of rotatable bonds is 5. The van der Waals surface area contributed by atoms with Crippen molar-refractivity contribution in [2.24, 2.45) is 5.92 Å². The summed E-state index contributed by atoms with van der Waals surface area (Å²) in [6, 6.07) is 2.01. The molecule has 0 radical (unpaired) electrons. The van der Waals surface area contributed by atoms with Crippen molar-refractivity contribution in [2.45, 2.75) is 97.4 Å². The first kappa shape index (κ1) is 21.9. The van der Waals surface area contributed by atoms with Crippen LogP contribution in [0.5, 0.6) is 11.5 Å². The van der Waals surface area contributed by atoms with Crippen LogP contribution >= 0.6 is 0 Å². The smallest absolute Gasteiger partial charge is 0.345 e. The molecule has 0 N–H and O–H groups in total. The number of esters is 1. The Bertz CT molecular complexity index is 957. The van der Waals surface area contributed by atoms with E-state index in [0.29, 0.717) is 11.3 Å². The van der Waals surface area contributed by atoms with Gasteiger partial charge in [0.1, 0.15) is 22.7 Å². The number of carbonyl (C=O) groups excluding carboxylic acids is 2. The third-order valence-corrected chi connectivity index (χ3v) is 7.19. The molecule has 0 saturated heterocycles. The molecular weight excluding hydrogens is 392 g/mol. The zero-order chi connectivity index (χ0) is 22.6. The fraction of sp³-hybridized carbons (Fsp3) is 0.615. The summed E-state index contributed by atoms with van der Waals surface area (Å²) < 4.78 is 18.3. The van der Waals surface area contributed by atoms with Gasteiger partial charge in [-0.3, -0.25) is 4.79 Å². The second-order valence-electron chi connectivity index (χ2n) is 9.99. The number of unbranched alkanes of at least 4 members (excludes halogenated alkanes) is 2. The summed E-state index contributed by atoms with van der Waals surface area (Å²) in [4.78, 5) is 25.5. The minimum Gasteiger partial charge on any atom is -0.487 e. The summed E-state index contributed by atoms with van der Waals surface area (Å²) in [5.74, 6) is -0.836. The molecule has 1 aromatic carbocycles. The lowest BCUT2D eigenvalue weighted by molar-refractivity contribution is -0.170. The van der Waals surface area contributed by atoms with E-state index in [4.69, 9.17) is 14.2 Å². The van der Waals surface area contributed by atoms with E-state index in [9.17, 15) is 9.59 Å². The highest BCUT2D eigenvalue weighted by Gasteiger charge is 2.50. The number of ketones is 1. The molecule has 0 spiro atoms. The third-order valence-electron chi connectivity index (χ3n) is 7.19. The number of hydrogen-bond acceptors (Lipinski definition) is 5. The molecule has 3 aliphatic rings. The molecule has 2 heterocycles. The number of Topliss-reactive ketones (excluding diaryl/α,β-unsaturated/α-hetero) is 1.